The average molecular weight is 778 g/mol. The number of hydrogen-bond donors (Lipinski definition) is 1. The predicted molar refractivity (Wildman–Crippen MR) is 193 cm³/mol. The summed E-state index contributed by atoms with van der Waals surface area (Å²) in [5.74, 6) is -0.549. The Bertz CT molecular complexity index is 2010. The van der Waals surface area contributed by atoms with Gasteiger partial charge in [-0.2, -0.15) is 26.3 Å². The number of likely N-dealkylation sites (N-methyl/N-ethyl adjacent to an activating group) is 1. The van der Waals surface area contributed by atoms with Crippen molar-refractivity contribution in [2.75, 3.05) is 38.5 Å². The lowest BCUT2D eigenvalue weighted by Crippen LogP contribution is -2.40. The summed E-state index contributed by atoms with van der Waals surface area (Å²) in [6.45, 7) is 2.74. The van der Waals surface area contributed by atoms with Gasteiger partial charge < -0.3 is 19.7 Å². The molecule has 280 valence electrons. The number of fused-ring (bicyclic) bond motifs is 1. The number of halogens is 8. The number of hydrogen-bond acceptors (Lipinski definition) is 5. The Hall–Kier alpha value is -4.33. The van der Waals surface area contributed by atoms with E-state index in [-0.39, 0.29) is 29.6 Å². The van der Waals surface area contributed by atoms with Crippen LogP contribution < -0.4 is 5.32 Å². The van der Waals surface area contributed by atoms with Crippen LogP contribution in [0.15, 0.2) is 85.1 Å². The molecule has 2 aromatic heterocycles. The largest absolute Gasteiger partial charge is 0.416 e. The minimum Gasteiger partial charge on any atom is -0.353 e. The van der Waals surface area contributed by atoms with Crippen molar-refractivity contribution in [3.05, 3.63) is 123 Å². The average Bonchev–Trinajstić information content (AvgIpc) is 3.47. The second-order valence-corrected chi connectivity index (χ2v) is 14.0. The van der Waals surface area contributed by atoms with Crippen LogP contribution in [0.2, 0.25) is 10.0 Å². The quantitative estimate of drug-likeness (QED) is 0.135. The molecule has 1 aliphatic heterocycles. The molecule has 0 radical (unpaired) electrons. The number of aromatic nitrogens is 3. The molecular weight excluding hydrogens is 741 g/mol. The predicted octanol–water partition coefficient (Wildman–Crippen LogP) is 9.65. The standard InChI is InChI=1S/C38H36Cl2F6N6O/c1-50(35(53)26-18-27(37(41,42)43)21-28(19-26)38(44,45)46)22-25(24-9-10-31(39)32(40)20-24)11-15-51-16-12-29(13-17-51)48-36-49-33-7-2-3-8-34(33)52(36)23-30-6-4-5-14-47-30/h2-10,14,18-21,25,29H,11-13,15-17,22-23H2,1H3,(H,48,49). The number of likely N-dealkylation sites (tertiary alicyclic amines) is 1. The minimum atomic E-state index is -5.07. The van der Waals surface area contributed by atoms with Gasteiger partial charge in [0, 0.05) is 50.4 Å². The van der Waals surface area contributed by atoms with Gasteiger partial charge in [-0.05, 0) is 86.0 Å². The molecule has 1 atom stereocenters. The van der Waals surface area contributed by atoms with Crippen LogP contribution in [0, 0.1) is 0 Å². The number of rotatable bonds is 11. The highest BCUT2D eigenvalue weighted by atomic mass is 35.5. The number of benzene rings is 3. The lowest BCUT2D eigenvalue weighted by molar-refractivity contribution is -0.143. The van der Waals surface area contributed by atoms with Crippen LogP contribution in [0.4, 0.5) is 32.3 Å². The van der Waals surface area contributed by atoms with Crippen molar-refractivity contribution < 1.29 is 31.1 Å². The summed E-state index contributed by atoms with van der Waals surface area (Å²) < 4.78 is 83.3. The van der Waals surface area contributed by atoms with Crippen molar-refractivity contribution in [3.8, 4) is 0 Å². The van der Waals surface area contributed by atoms with E-state index < -0.39 is 35.0 Å². The van der Waals surface area contributed by atoms with Crippen molar-refractivity contribution in [2.45, 2.75) is 50.1 Å². The number of imidazole rings is 1. The summed E-state index contributed by atoms with van der Waals surface area (Å²) in [5, 5.41) is 4.26. The molecule has 1 N–H and O–H groups in total. The monoisotopic (exact) mass is 776 g/mol. The molecule has 1 amide bonds. The van der Waals surface area contributed by atoms with Gasteiger partial charge in [0.05, 0.1) is 44.4 Å². The number of pyridine rings is 1. The molecule has 0 saturated carbocycles. The van der Waals surface area contributed by atoms with E-state index in [1.807, 2.05) is 42.5 Å². The van der Waals surface area contributed by atoms with Gasteiger partial charge >= 0.3 is 12.4 Å². The van der Waals surface area contributed by atoms with Crippen molar-refractivity contribution in [1.82, 2.24) is 24.3 Å². The number of nitrogens with one attached hydrogen (secondary N) is 1. The van der Waals surface area contributed by atoms with E-state index in [1.165, 1.54) is 7.05 Å². The van der Waals surface area contributed by atoms with Gasteiger partial charge in [-0.25, -0.2) is 4.98 Å². The van der Waals surface area contributed by atoms with Crippen molar-refractivity contribution in [2.24, 2.45) is 0 Å². The molecule has 7 nitrogen and oxygen atoms in total. The molecule has 1 fully saturated rings. The number of amides is 1. The smallest absolute Gasteiger partial charge is 0.353 e. The summed E-state index contributed by atoms with van der Waals surface area (Å²) in [7, 11) is 1.36. The van der Waals surface area contributed by atoms with Gasteiger partial charge in [-0.15, -0.1) is 0 Å². The number of carbonyl (C=O) groups excluding carboxylic acids is 1. The van der Waals surface area contributed by atoms with Crippen LogP contribution in [0.25, 0.3) is 11.0 Å². The van der Waals surface area contributed by atoms with Crippen molar-refractivity contribution >= 4 is 46.1 Å². The number of carbonyl (C=O) groups is 1. The third-order valence-electron chi connectivity index (χ3n) is 9.51. The van der Waals surface area contributed by atoms with Gasteiger partial charge in [-0.1, -0.05) is 47.5 Å². The summed E-state index contributed by atoms with van der Waals surface area (Å²) in [5.41, 5.74) is -0.258. The summed E-state index contributed by atoms with van der Waals surface area (Å²) in [6, 6.07) is 19.9. The van der Waals surface area contributed by atoms with Crippen molar-refractivity contribution in [3.63, 3.8) is 0 Å². The van der Waals surface area contributed by atoms with Gasteiger partial charge in [0.1, 0.15) is 0 Å². The van der Waals surface area contributed by atoms with E-state index in [4.69, 9.17) is 28.2 Å². The first-order valence-electron chi connectivity index (χ1n) is 17.0. The van der Waals surface area contributed by atoms with Gasteiger partial charge in [0.25, 0.3) is 5.91 Å². The lowest BCUT2D eigenvalue weighted by atomic mass is 9.93. The fraction of sp³-hybridized carbons (Fsp3) is 0.342. The third-order valence-corrected chi connectivity index (χ3v) is 10.2. The Morgan fingerprint density at radius 3 is 2.23 bits per heavy atom. The second kappa shape index (κ2) is 16.0. The molecular formula is C38H36Cl2F6N6O. The Morgan fingerprint density at radius 1 is 0.906 bits per heavy atom. The highest BCUT2D eigenvalue weighted by Gasteiger charge is 2.38. The SMILES string of the molecule is CN(CC(CCN1CCC(Nc2nc3ccccc3n2Cc2ccccn2)CC1)c1ccc(Cl)c(Cl)c1)C(=O)c1cc(C(F)(F)F)cc(C(F)(F)F)c1. The number of alkyl halides is 6. The first-order valence-corrected chi connectivity index (χ1v) is 17.8. The second-order valence-electron chi connectivity index (χ2n) is 13.2. The molecule has 1 unspecified atom stereocenters. The van der Waals surface area contributed by atoms with E-state index in [0.29, 0.717) is 36.7 Å². The number of piperidine rings is 1. The van der Waals surface area contributed by atoms with Crippen LogP contribution in [0.3, 0.4) is 0 Å². The van der Waals surface area contributed by atoms with Crippen LogP contribution in [-0.4, -0.2) is 69.5 Å². The number of anilines is 1. The van der Waals surface area contributed by atoms with Crippen LogP contribution >= 0.6 is 23.2 Å². The van der Waals surface area contributed by atoms with Crippen molar-refractivity contribution in [1.29, 1.82) is 0 Å². The molecule has 1 saturated heterocycles. The fourth-order valence-electron chi connectivity index (χ4n) is 6.66. The molecule has 15 heteroatoms. The zero-order valence-corrected chi connectivity index (χ0v) is 30.1. The van der Waals surface area contributed by atoms with E-state index >= 15 is 0 Å². The topological polar surface area (TPSA) is 66.3 Å². The molecule has 0 bridgehead atoms. The van der Waals surface area contributed by atoms with Gasteiger partial charge in [-0.3, -0.25) is 9.78 Å². The van der Waals surface area contributed by atoms with E-state index in [1.54, 1.807) is 24.4 Å². The normalized spacial score (nSPS) is 15.1. The lowest BCUT2D eigenvalue weighted by Gasteiger charge is -2.34. The molecule has 0 aliphatic carbocycles. The van der Waals surface area contributed by atoms with E-state index in [9.17, 15) is 31.1 Å². The highest BCUT2D eigenvalue weighted by Crippen LogP contribution is 2.37. The Labute approximate surface area is 312 Å². The molecule has 3 heterocycles. The summed E-state index contributed by atoms with van der Waals surface area (Å²) in [4.78, 5) is 26.2. The van der Waals surface area contributed by atoms with Gasteiger partial charge in [0.15, 0.2) is 0 Å². The van der Waals surface area contributed by atoms with E-state index in [0.717, 1.165) is 59.1 Å². The third kappa shape index (κ3) is 9.43. The summed E-state index contributed by atoms with van der Waals surface area (Å²) >= 11 is 12.5. The van der Waals surface area contributed by atoms with Gasteiger partial charge in [0.2, 0.25) is 5.95 Å². The molecule has 0 spiro atoms. The van der Waals surface area contributed by atoms with Crippen LogP contribution in [0.5, 0.6) is 0 Å². The maximum Gasteiger partial charge on any atom is 0.416 e. The van der Waals surface area contributed by atoms with Crippen LogP contribution in [0.1, 0.15) is 57.9 Å². The minimum absolute atomic E-state index is 0.00634. The summed E-state index contributed by atoms with van der Waals surface area (Å²) in [6.07, 6.45) is -6.18. The molecule has 6 rings (SSSR count). The number of nitrogens with zero attached hydrogens (tertiary/aromatic N) is 5. The Kier molecular flexibility index (Phi) is 11.6. The maximum atomic E-state index is 13.5. The highest BCUT2D eigenvalue weighted by molar-refractivity contribution is 6.42. The molecule has 3 aromatic carbocycles. The first kappa shape index (κ1) is 38.4. The maximum absolute atomic E-state index is 13.5. The zero-order chi connectivity index (χ0) is 37.9. The molecule has 1 aliphatic rings. The number of para-hydroxylation sites is 2. The fourth-order valence-corrected chi connectivity index (χ4v) is 6.97. The molecule has 53 heavy (non-hydrogen) atoms. The zero-order valence-electron chi connectivity index (χ0n) is 28.6. The van der Waals surface area contributed by atoms with E-state index in [2.05, 4.69) is 19.8 Å². The van der Waals surface area contributed by atoms with Crippen LogP contribution in [-0.2, 0) is 18.9 Å². The molecule has 5 aromatic rings. The Morgan fingerprint density at radius 2 is 1.58 bits per heavy atom. The first-order chi connectivity index (χ1) is 25.2. The Balaban J connectivity index is 1.13.